The van der Waals surface area contributed by atoms with Gasteiger partial charge in [-0.15, -0.1) is 0 Å². The number of alkyl halides is 3. The molecule has 3 rings (SSSR count). The van der Waals surface area contributed by atoms with Gasteiger partial charge in [-0.25, -0.2) is 4.98 Å². The minimum atomic E-state index is -5.00. The number of rotatable bonds is 9. The monoisotopic (exact) mass is 506 g/mol. The molecule has 1 saturated heterocycles. The molecule has 0 unspecified atom stereocenters. The molecule has 0 spiro atoms. The number of imidazole rings is 1. The van der Waals surface area contributed by atoms with Crippen LogP contribution in [-0.4, -0.2) is 85.8 Å². The molecule has 1 fully saturated rings. The van der Waals surface area contributed by atoms with E-state index in [9.17, 15) is 37.8 Å². The molecule has 0 aromatic carbocycles. The topological polar surface area (TPSA) is 181 Å². The summed E-state index contributed by atoms with van der Waals surface area (Å²) in [6.07, 6.45) is -8.48. The number of amides is 2. The van der Waals surface area contributed by atoms with Crippen LogP contribution >= 0.6 is 0 Å². The number of aliphatic hydroxyl groups is 2. The quantitative estimate of drug-likeness (QED) is 0.278. The van der Waals surface area contributed by atoms with E-state index in [4.69, 9.17) is 9.47 Å². The Bertz CT molecular complexity index is 1120. The number of carbonyl (C=O) groups is 2. The van der Waals surface area contributed by atoms with Crippen molar-refractivity contribution in [2.75, 3.05) is 25.1 Å². The van der Waals surface area contributed by atoms with Crippen LogP contribution in [0, 0.1) is 5.92 Å². The summed E-state index contributed by atoms with van der Waals surface area (Å²) in [5.74, 6) is -3.01. The van der Waals surface area contributed by atoms with Crippen molar-refractivity contribution in [2.24, 2.45) is 5.92 Å². The van der Waals surface area contributed by atoms with Crippen molar-refractivity contribution in [3.8, 4) is 0 Å². The van der Waals surface area contributed by atoms with Crippen molar-refractivity contribution in [1.82, 2.24) is 24.8 Å². The number of nitrogens with one attached hydrogen (secondary N) is 3. The minimum absolute atomic E-state index is 0.00497. The minimum Gasteiger partial charge on any atom is -0.394 e. The first-order valence-corrected chi connectivity index (χ1v) is 10.6. The molecule has 1 aliphatic heterocycles. The fourth-order valence-corrected chi connectivity index (χ4v) is 3.30. The molecule has 0 bridgehead atoms. The first kappa shape index (κ1) is 26.5. The Balaban J connectivity index is 1.78. The predicted molar refractivity (Wildman–Crippen MR) is 112 cm³/mol. The van der Waals surface area contributed by atoms with Gasteiger partial charge in [-0.3, -0.25) is 29.3 Å². The van der Waals surface area contributed by atoms with Crippen LogP contribution in [0.4, 0.5) is 19.1 Å². The molecule has 2 aromatic heterocycles. The molecule has 0 saturated carbocycles. The molecule has 3 heterocycles. The van der Waals surface area contributed by atoms with Crippen LogP contribution in [0.25, 0.3) is 11.2 Å². The van der Waals surface area contributed by atoms with E-state index in [0.717, 1.165) is 0 Å². The molecule has 13 nitrogen and oxygen atoms in total. The molecule has 0 aliphatic carbocycles. The zero-order valence-corrected chi connectivity index (χ0v) is 18.7. The average Bonchev–Trinajstić information content (AvgIpc) is 3.33. The summed E-state index contributed by atoms with van der Waals surface area (Å²) in [4.78, 5) is 45.9. The lowest BCUT2D eigenvalue weighted by molar-refractivity contribution is -0.173. The van der Waals surface area contributed by atoms with Gasteiger partial charge >= 0.3 is 12.1 Å². The van der Waals surface area contributed by atoms with Gasteiger partial charge in [0.05, 0.1) is 12.9 Å². The van der Waals surface area contributed by atoms with Crippen molar-refractivity contribution in [3.05, 3.63) is 16.7 Å². The molecule has 1 aliphatic rings. The first-order chi connectivity index (χ1) is 16.4. The Labute approximate surface area is 195 Å². The van der Waals surface area contributed by atoms with Crippen molar-refractivity contribution < 1.29 is 42.4 Å². The lowest BCUT2D eigenvalue weighted by Crippen LogP contribution is -2.38. The van der Waals surface area contributed by atoms with Crippen molar-refractivity contribution in [1.29, 1.82) is 0 Å². The maximum Gasteiger partial charge on any atom is 0.471 e. The van der Waals surface area contributed by atoms with Gasteiger partial charge in [-0.05, 0) is 6.42 Å². The number of ether oxygens (including phenoxy) is 2. The number of nitrogens with zero attached hydrogens (tertiary/aromatic N) is 3. The lowest BCUT2D eigenvalue weighted by atomic mass is 10.1. The number of aliphatic hydroxyl groups excluding tert-OH is 2. The van der Waals surface area contributed by atoms with Crippen LogP contribution in [0.1, 0.15) is 26.5 Å². The predicted octanol–water partition coefficient (Wildman–Crippen LogP) is -0.581. The third-order valence-electron chi connectivity index (χ3n) is 5.14. The second kappa shape index (κ2) is 10.7. The van der Waals surface area contributed by atoms with E-state index in [1.54, 1.807) is 19.2 Å². The molecule has 194 valence electrons. The van der Waals surface area contributed by atoms with Crippen LogP contribution in [0.5, 0.6) is 0 Å². The highest BCUT2D eigenvalue weighted by Gasteiger charge is 2.46. The number of anilines is 1. The Morgan fingerprint density at radius 1 is 1.37 bits per heavy atom. The molecular formula is C19H25F3N6O7. The Hall–Kier alpha value is -3.08. The second-order valence-corrected chi connectivity index (χ2v) is 8.06. The molecule has 0 radical (unpaired) electrons. The number of aromatic amines is 1. The van der Waals surface area contributed by atoms with E-state index in [2.05, 4.69) is 20.3 Å². The van der Waals surface area contributed by atoms with Crippen molar-refractivity contribution in [2.45, 2.75) is 51.0 Å². The highest BCUT2D eigenvalue weighted by Crippen LogP contribution is 2.33. The number of hydrogen-bond donors (Lipinski definition) is 5. The van der Waals surface area contributed by atoms with Crippen LogP contribution < -0.4 is 16.2 Å². The smallest absolute Gasteiger partial charge is 0.394 e. The first-order valence-electron chi connectivity index (χ1n) is 10.6. The standard InChI is InChI=1S/C19H25F3N6O7/c1-8(2)14(31)26-18-25-13-10(15(32)27-18)24-7-28(13)16-12(11(30)9(6-29)35-16)34-5-3-4-23-17(33)19(20,21)22/h7-9,11-12,16,29-30H,3-6H2,1-2H3,(H,23,33)(H2,25,26,27,31,32)/t9-,11-,12-,16-/m1/s1. The molecule has 2 amide bonds. The highest BCUT2D eigenvalue weighted by molar-refractivity contribution is 5.91. The van der Waals surface area contributed by atoms with Gasteiger partial charge in [0.1, 0.15) is 18.3 Å². The largest absolute Gasteiger partial charge is 0.471 e. The van der Waals surface area contributed by atoms with Gasteiger partial charge in [0.15, 0.2) is 17.4 Å². The van der Waals surface area contributed by atoms with Crippen LogP contribution in [0.15, 0.2) is 11.1 Å². The molecular weight excluding hydrogens is 481 g/mol. The molecule has 35 heavy (non-hydrogen) atoms. The number of halogens is 3. The van der Waals surface area contributed by atoms with Crippen LogP contribution in [-0.2, 0) is 19.1 Å². The number of hydrogen-bond acceptors (Lipinski definition) is 9. The van der Waals surface area contributed by atoms with Gasteiger partial charge in [-0.1, -0.05) is 13.8 Å². The molecule has 16 heteroatoms. The Morgan fingerprint density at radius 2 is 2.09 bits per heavy atom. The van der Waals surface area contributed by atoms with Crippen molar-refractivity contribution >= 4 is 28.9 Å². The normalized spacial score (nSPS) is 22.6. The third-order valence-corrected chi connectivity index (χ3v) is 5.14. The highest BCUT2D eigenvalue weighted by atomic mass is 19.4. The van der Waals surface area contributed by atoms with E-state index in [1.165, 1.54) is 10.9 Å². The Morgan fingerprint density at radius 3 is 2.71 bits per heavy atom. The summed E-state index contributed by atoms with van der Waals surface area (Å²) in [6, 6.07) is 0. The number of carbonyl (C=O) groups excluding carboxylic acids is 2. The fraction of sp³-hybridized carbons (Fsp3) is 0.632. The van der Waals surface area contributed by atoms with E-state index < -0.39 is 60.6 Å². The summed E-state index contributed by atoms with van der Waals surface area (Å²) in [5.41, 5.74) is -0.746. The third kappa shape index (κ3) is 5.95. The summed E-state index contributed by atoms with van der Waals surface area (Å²) in [6.45, 7) is 2.22. The van der Waals surface area contributed by atoms with Gasteiger partial charge in [0, 0.05) is 19.1 Å². The molecule has 2 aromatic rings. The van der Waals surface area contributed by atoms with Crippen LogP contribution in [0.3, 0.4) is 0 Å². The van der Waals surface area contributed by atoms with Gasteiger partial charge in [-0.2, -0.15) is 18.2 Å². The maximum atomic E-state index is 12.4. The average molecular weight is 506 g/mol. The Kier molecular flexibility index (Phi) is 8.09. The van der Waals surface area contributed by atoms with E-state index in [0.29, 0.717) is 0 Å². The molecule has 4 atom stereocenters. The number of aromatic nitrogens is 4. The van der Waals surface area contributed by atoms with Crippen molar-refractivity contribution in [3.63, 3.8) is 0 Å². The SMILES string of the molecule is CC(C)C(=O)Nc1nc2c(ncn2[C@@H]2O[C@H](CO)[C@@H](O)[C@H]2OCCCNC(=O)C(F)(F)F)c(=O)[nH]1. The van der Waals surface area contributed by atoms with E-state index in [-0.39, 0.29) is 36.7 Å². The maximum absolute atomic E-state index is 12.4. The number of fused-ring (bicyclic) bond motifs is 1. The van der Waals surface area contributed by atoms with Gasteiger partial charge < -0.3 is 25.0 Å². The van der Waals surface area contributed by atoms with E-state index >= 15 is 0 Å². The van der Waals surface area contributed by atoms with Crippen LogP contribution in [0.2, 0.25) is 0 Å². The van der Waals surface area contributed by atoms with E-state index in [1.807, 2.05) is 0 Å². The number of H-pyrrole nitrogens is 1. The summed E-state index contributed by atoms with van der Waals surface area (Å²) in [5, 5.41) is 24.2. The zero-order valence-electron chi connectivity index (χ0n) is 18.7. The summed E-state index contributed by atoms with van der Waals surface area (Å²) < 4.78 is 49.3. The van der Waals surface area contributed by atoms with Gasteiger partial charge in [0.2, 0.25) is 11.9 Å². The zero-order chi connectivity index (χ0) is 25.9. The molecule has 5 N–H and O–H groups in total. The summed E-state index contributed by atoms with van der Waals surface area (Å²) in [7, 11) is 0. The lowest BCUT2D eigenvalue weighted by Gasteiger charge is -2.22. The van der Waals surface area contributed by atoms with Gasteiger partial charge in [0.25, 0.3) is 5.56 Å². The summed E-state index contributed by atoms with van der Waals surface area (Å²) >= 11 is 0. The fourth-order valence-electron chi connectivity index (χ4n) is 3.30. The second-order valence-electron chi connectivity index (χ2n) is 8.06.